The highest BCUT2D eigenvalue weighted by Gasteiger charge is 2.42. The maximum absolute atomic E-state index is 11.5. The Kier molecular flexibility index (Phi) is 2.58. The normalized spacial score (nSPS) is 25.6. The van der Waals surface area contributed by atoms with Crippen LogP contribution in [0.25, 0.3) is 0 Å². The highest BCUT2D eigenvalue weighted by molar-refractivity contribution is 9.10. The van der Waals surface area contributed by atoms with E-state index in [0.717, 1.165) is 29.7 Å². The van der Waals surface area contributed by atoms with Crippen LogP contribution in [0, 0.1) is 5.92 Å². The minimum atomic E-state index is -0.224. The van der Waals surface area contributed by atoms with Crippen molar-refractivity contribution in [3.8, 4) is 0 Å². The molecule has 1 saturated heterocycles. The summed E-state index contributed by atoms with van der Waals surface area (Å²) < 4.78 is 5.79. The molecular weight excluding hydrogens is 284 g/mol. The standard InChI is InChI=1S/C12H13BrN2O2/c1-17-12(16)15-5-8-2-7-3-9(13)4-14-11(7)10(8)6-15/h3-4,8,10H,2,5-6H2,1H3. The predicted octanol–water partition coefficient (Wildman–Crippen LogP) is 2.18. The van der Waals surface area contributed by atoms with Crippen molar-refractivity contribution in [3.05, 3.63) is 28.0 Å². The molecule has 2 atom stereocenters. The second-order valence-corrected chi connectivity index (χ2v) is 5.56. The monoisotopic (exact) mass is 296 g/mol. The molecule has 0 aromatic carbocycles. The van der Waals surface area contributed by atoms with Gasteiger partial charge in [0.15, 0.2) is 0 Å². The molecule has 4 nitrogen and oxygen atoms in total. The lowest BCUT2D eigenvalue weighted by Gasteiger charge is -2.15. The molecule has 3 rings (SSSR count). The van der Waals surface area contributed by atoms with Gasteiger partial charge in [-0.3, -0.25) is 4.98 Å². The van der Waals surface area contributed by atoms with Gasteiger partial charge in [-0.25, -0.2) is 4.79 Å². The highest BCUT2D eigenvalue weighted by Crippen LogP contribution is 2.42. The van der Waals surface area contributed by atoms with Crippen molar-refractivity contribution in [2.24, 2.45) is 5.92 Å². The zero-order chi connectivity index (χ0) is 12.0. The molecule has 1 amide bonds. The molecule has 2 aliphatic rings. The van der Waals surface area contributed by atoms with E-state index in [9.17, 15) is 4.79 Å². The molecule has 2 unspecified atom stereocenters. The predicted molar refractivity (Wildman–Crippen MR) is 65.9 cm³/mol. The van der Waals surface area contributed by atoms with Crippen LogP contribution < -0.4 is 0 Å². The molecule has 0 spiro atoms. The van der Waals surface area contributed by atoms with Crippen LogP contribution in [-0.4, -0.2) is 36.2 Å². The summed E-state index contributed by atoms with van der Waals surface area (Å²) in [7, 11) is 1.43. The molecule has 1 fully saturated rings. The number of methoxy groups -OCH3 is 1. The van der Waals surface area contributed by atoms with Gasteiger partial charge in [-0.1, -0.05) is 0 Å². The minimum Gasteiger partial charge on any atom is -0.453 e. The fourth-order valence-corrected chi connectivity index (χ4v) is 3.32. The highest BCUT2D eigenvalue weighted by atomic mass is 79.9. The Bertz CT molecular complexity index is 478. The van der Waals surface area contributed by atoms with Gasteiger partial charge in [0.05, 0.1) is 7.11 Å². The second-order valence-electron chi connectivity index (χ2n) is 4.64. The quantitative estimate of drug-likeness (QED) is 0.737. The third kappa shape index (κ3) is 1.73. The third-order valence-corrected chi connectivity index (χ3v) is 4.11. The summed E-state index contributed by atoms with van der Waals surface area (Å²) in [4.78, 5) is 17.8. The molecule has 0 N–H and O–H groups in total. The van der Waals surface area contributed by atoms with Crippen molar-refractivity contribution in [1.82, 2.24) is 9.88 Å². The van der Waals surface area contributed by atoms with Crippen molar-refractivity contribution >= 4 is 22.0 Å². The van der Waals surface area contributed by atoms with Crippen molar-refractivity contribution in [1.29, 1.82) is 0 Å². The van der Waals surface area contributed by atoms with Gasteiger partial charge in [-0.15, -0.1) is 0 Å². The number of nitrogens with zero attached hydrogens (tertiary/aromatic N) is 2. The van der Waals surface area contributed by atoms with Crippen LogP contribution in [0.1, 0.15) is 17.2 Å². The fourth-order valence-electron chi connectivity index (χ4n) is 2.94. The number of hydrogen-bond acceptors (Lipinski definition) is 3. The number of fused-ring (bicyclic) bond motifs is 3. The van der Waals surface area contributed by atoms with E-state index >= 15 is 0 Å². The number of halogens is 1. The molecule has 1 aliphatic carbocycles. The smallest absolute Gasteiger partial charge is 0.409 e. The van der Waals surface area contributed by atoms with Gasteiger partial charge in [-0.05, 0) is 39.9 Å². The topological polar surface area (TPSA) is 42.4 Å². The lowest BCUT2D eigenvalue weighted by Crippen LogP contribution is -2.29. The summed E-state index contributed by atoms with van der Waals surface area (Å²) in [6.07, 6.45) is 2.63. The maximum Gasteiger partial charge on any atom is 0.409 e. The summed E-state index contributed by atoms with van der Waals surface area (Å²) in [5.74, 6) is 0.892. The van der Waals surface area contributed by atoms with Crippen molar-refractivity contribution < 1.29 is 9.53 Å². The summed E-state index contributed by atoms with van der Waals surface area (Å²) >= 11 is 3.44. The van der Waals surface area contributed by atoms with E-state index < -0.39 is 0 Å². The van der Waals surface area contributed by atoms with E-state index in [1.165, 1.54) is 12.7 Å². The maximum atomic E-state index is 11.5. The van der Waals surface area contributed by atoms with E-state index in [1.807, 2.05) is 6.20 Å². The molecule has 5 heteroatoms. The van der Waals surface area contributed by atoms with E-state index in [4.69, 9.17) is 4.74 Å². The number of aromatic nitrogens is 1. The fraction of sp³-hybridized carbons (Fsp3) is 0.500. The zero-order valence-corrected chi connectivity index (χ0v) is 11.1. The largest absolute Gasteiger partial charge is 0.453 e. The van der Waals surface area contributed by atoms with Crippen LogP contribution in [0.3, 0.4) is 0 Å². The van der Waals surface area contributed by atoms with E-state index in [-0.39, 0.29) is 6.09 Å². The van der Waals surface area contributed by atoms with Gasteiger partial charge >= 0.3 is 6.09 Å². The van der Waals surface area contributed by atoms with Gasteiger partial charge < -0.3 is 9.64 Å². The molecular formula is C12H13BrN2O2. The Hall–Kier alpha value is -1.10. The van der Waals surface area contributed by atoms with Crippen LogP contribution in [0.15, 0.2) is 16.7 Å². The molecule has 2 heterocycles. The number of carbonyl (C=O) groups excluding carboxylic acids is 1. The molecule has 0 saturated carbocycles. The Labute approximate surface area is 108 Å². The molecule has 1 aromatic rings. The van der Waals surface area contributed by atoms with E-state index in [1.54, 1.807) is 4.90 Å². The summed E-state index contributed by atoms with van der Waals surface area (Å²) in [6.45, 7) is 1.52. The Morgan fingerprint density at radius 2 is 2.41 bits per heavy atom. The van der Waals surface area contributed by atoms with Crippen molar-refractivity contribution in [2.45, 2.75) is 12.3 Å². The Morgan fingerprint density at radius 3 is 3.18 bits per heavy atom. The van der Waals surface area contributed by atoms with Crippen LogP contribution in [0.5, 0.6) is 0 Å². The van der Waals surface area contributed by atoms with Crippen LogP contribution in [0.2, 0.25) is 0 Å². The molecule has 90 valence electrons. The van der Waals surface area contributed by atoms with Crippen molar-refractivity contribution in [2.75, 3.05) is 20.2 Å². The van der Waals surface area contributed by atoms with Crippen LogP contribution in [0.4, 0.5) is 4.79 Å². The number of amides is 1. The molecule has 1 aromatic heterocycles. The van der Waals surface area contributed by atoms with Gasteiger partial charge in [0.1, 0.15) is 0 Å². The lowest BCUT2D eigenvalue weighted by atomic mass is 9.99. The number of carbonyl (C=O) groups is 1. The molecule has 0 radical (unpaired) electrons. The van der Waals surface area contributed by atoms with Gasteiger partial charge in [0, 0.05) is 35.4 Å². The zero-order valence-electron chi connectivity index (χ0n) is 9.52. The van der Waals surface area contributed by atoms with E-state index in [0.29, 0.717) is 11.8 Å². The first-order valence-corrected chi connectivity index (χ1v) is 6.45. The first kappa shape index (κ1) is 11.0. The molecule has 0 bridgehead atoms. The first-order valence-electron chi connectivity index (χ1n) is 5.66. The number of ether oxygens (including phenoxy) is 1. The number of pyridine rings is 1. The molecule has 1 aliphatic heterocycles. The van der Waals surface area contributed by atoms with Gasteiger partial charge in [-0.2, -0.15) is 0 Å². The lowest BCUT2D eigenvalue weighted by molar-refractivity contribution is 0.131. The van der Waals surface area contributed by atoms with E-state index in [2.05, 4.69) is 27.0 Å². The number of hydrogen-bond donors (Lipinski definition) is 0. The van der Waals surface area contributed by atoms with Gasteiger partial charge in [0.25, 0.3) is 0 Å². The minimum absolute atomic E-state index is 0.224. The average molecular weight is 297 g/mol. The second kappa shape index (κ2) is 3.98. The third-order valence-electron chi connectivity index (χ3n) is 3.68. The Morgan fingerprint density at radius 1 is 1.59 bits per heavy atom. The van der Waals surface area contributed by atoms with Gasteiger partial charge in [0.2, 0.25) is 0 Å². The van der Waals surface area contributed by atoms with Crippen LogP contribution >= 0.6 is 15.9 Å². The number of rotatable bonds is 0. The molecule has 17 heavy (non-hydrogen) atoms. The number of likely N-dealkylation sites (tertiary alicyclic amines) is 1. The SMILES string of the molecule is COC(=O)N1CC2Cc3cc(Br)cnc3C2C1. The van der Waals surface area contributed by atoms with Crippen LogP contribution in [-0.2, 0) is 11.2 Å². The summed E-state index contributed by atoms with van der Waals surface area (Å²) in [6, 6.07) is 2.14. The first-order chi connectivity index (χ1) is 8.19. The Balaban J connectivity index is 1.85. The summed E-state index contributed by atoms with van der Waals surface area (Å²) in [5.41, 5.74) is 2.48. The average Bonchev–Trinajstić information content (AvgIpc) is 2.84. The van der Waals surface area contributed by atoms with Crippen molar-refractivity contribution in [3.63, 3.8) is 0 Å². The summed E-state index contributed by atoms with van der Waals surface area (Å²) in [5, 5.41) is 0.